The third kappa shape index (κ3) is 7.90. The number of nitrogens with zero attached hydrogens (tertiary/aromatic N) is 2. The molecule has 0 spiro atoms. The average molecular weight is 478 g/mol. The number of likely N-dealkylation sites (tertiary alicyclic amines) is 1. The summed E-state index contributed by atoms with van der Waals surface area (Å²) in [5, 5.41) is 5.02. The maximum absolute atomic E-state index is 12.3. The minimum absolute atomic E-state index is 0.110. The van der Waals surface area contributed by atoms with Crippen LogP contribution in [0.3, 0.4) is 0 Å². The van der Waals surface area contributed by atoms with Gasteiger partial charge in [-0.2, -0.15) is 0 Å². The van der Waals surface area contributed by atoms with Gasteiger partial charge in [0.15, 0.2) is 5.13 Å². The summed E-state index contributed by atoms with van der Waals surface area (Å²) in [4.78, 5) is 30.2. The van der Waals surface area contributed by atoms with Gasteiger partial charge in [-0.05, 0) is 37.7 Å². The fourth-order valence-electron chi connectivity index (χ4n) is 3.45. The Hall–Kier alpha value is -1.97. The third-order valence-corrected chi connectivity index (χ3v) is 7.33. The van der Waals surface area contributed by atoms with Gasteiger partial charge in [-0.25, -0.2) is 4.98 Å². The second-order valence-corrected chi connectivity index (χ2v) is 9.82. The van der Waals surface area contributed by atoms with Crippen LogP contribution in [0, 0.1) is 5.92 Å². The first kappa shape index (κ1) is 23.7. The number of hydrogen-bond acceptors (Lipinski definition) is 7. The molecule has 1 saturated heterocycles. The normalized spacial score (nSPS) is 14.3. The molecule has 0 aliphatic carbocycles. The number of thioether (sulfide) groups is 1. The largest absolute Gasteiger partial charge is 0.466 e. The second-order valence-electron chi connectivity index (χ2n) is 7.35. The van der Waals surface area contributed by atoms with Gasteiger partial charge in [0.2, 0.25) is 5.91 Å². The molecule has 31 heavy (non-hydrogen) atoms. The Morgan fingerprint density at radius 1 is 1.29 bits per heavy atom. The van der Waals surface area contributed by atoms with Crippen molar-refractivity contribution in [3.63, 3.8) is 0 Å². The molecule has 2 aromatic rings. The molecule has 2 heterocycles. The van der Waals surface area contributed by atoms with E-state index in [1.165, 1.54) is 28.7 Å². The van der Waals surface area contributed by atoms with Crippen molar-refractivity contribution in [2.24, 2.45) is 5.92 Å². The second kappa shape index (κ2) is 12.2. The molecule has 3 rings (SSSR count). The van der Waals surface area contributed by atoms with E-state index in [4.69, 9.17) is 17.0 Å². The predicted molar refractivity (Wildman–Crippen MR) is 131 cm³/mol. The summed E-state index contributed by atoms with van der Waals surface area (Å²) >= 11 is 8.23. The van der Waals surface area contributed by atoms with E-state index in [-0.39, 0.29) is 24.1 Å². The lowest BCUT2D eigenvalue weighted by molar-refractivity contribution is -0.142. The van der Waals surface area contributed by atoms with Crippen molar-refractivity contribution in [2.75, 3.05) is 30.8 Å². The molecule has 0 unspecified atom stereocenters. The number of thiazole rings is 1. The first-order chi connectivity index (χ1) is 15.0. The summed E-state index contributed by atoms with van der Waals surface area (Å²) < 4.78 is 5.68. The molecule has 1 amide bonds. The van der Waals surface area contributed by atoms with Crippen LogP contribution in [-0.2, 0) is 27.2 Å². The van der Waals surface area contributed by atoms with Crippen LogP contribution in [0.25, 0.3) is 0 Å². The van der Waals surface area contributed by atoms with Crippen LogP contribution in [0.5, 0.6) is 0 Å². The Kier molecular flexibility index (Phi) is 9.30. The van der Waals surface area contributed by atoms with Crippen LogP contribution in [0.15, 0.2) is 35.7 Å². The molecule has 1 aromatic carbocycles. The summed E-state index contributed by atoms with van der Waals surface area (Å²) in [7, 11) is 0. The maximum Gasteiger partial charge on any atom is 0.311 e. The van der Waals surface area contributed by atoms with Gasteiger partial charge in [0.25, 0.3) is 0 Å². The Morgan fingerprint density at radius 3 is 2.74 bits per heavy atom. The molecular formula is C22H27N3O3S3. The fraction of sp³-hybridized carbons (Fsp3) is 0.455. The summed E-state index contributed by atoms with van der Waals surface area (Å²) in [6.45, 7) is 3.98. The predicted octanol–water partition coefficient (Wildman–Crippen LogP) is 4.16. The fourth-order valence-corrected chi connectivity index (χ4v) is 5.22. The highest BCUT2D eigenvalue weighted by Gasteiger charge is 2.22. The molecule has 166 valence electrons. The van der Waals surface area contributed by atoms with E-state index in [0.29, 0.717) is 23.4 Å². The van der Waals surface area contributed by atoms with Crippen molar-refractivity contribution >= 4 is 56.6 Å². The van der Waals surface area contributed by atoms with Crippen molar-refractivity contribution in [2.45, 2.75) is 32.6 Å². The zero-order chi connectivity index (χ0) is 22.1. The highest BCUT2D eigenvalue weighted by atomic mass is 32.2. The van der Waals surface area contributed by atoms with Gasteiger partial charge in [-0.3, -0.25) is 9.59 Å². The van der Waals surface area contributed by atoms with Crippen LogP contribution < -0.4 is 5.32 Å². The molecule has 9 heteroatoms. The van der Waals surface area contributed by atoms with E-state index in [0.717, 1.165) is 36.7 Å². The van der Waals surface area contributed by atoms with Crippen molar-refractivity contribution < 1.29 is 14.3 Å². The van der Waals surface area contributed by atoms with Gasteiger partial charge in [0.1, 0.15) is 4.32 Å². The molecule has 0 bridgehead atoms. The molecule has 1 aliphatic heterocycles. The Bertz CT molecular complexity index is 880. The number of aromatic nitrogens is 1. The van der Waals surface area contributed by atoms with Gasteiger partial charge in [0, 0.05) is 18.5 Å². The maximum atomic E-state index is 12.3. The molecule has 6 nitrogen and oxygen atoms in total. The number of amides is 1. The van der Waals surface area contributed by atoms with Crippen molar-refractivity contribution in [3.05, 3.63) is 47.0 Å². The van der Waals surface area contributed by atoms with Gasteiger partial charge in [-0.1, -0.05) is 54.3 Å². The Labute approximate surface area is 196 Å². The van der Waals surface area contributed by atoms with Crippen molar-refractivity contribution in [1.29, 1.82) is 0 Å². The lowest BCUT2D eigenvalue weighted by Gasteiger charge is -2.33. The van der Waals surface area contributed by atoms with E-state index < -0.39 is 0 Å². The minimum atomic E-state index is -0.320. The molecule has 0 atom stereocenters. The van der Waals surface area contributed by atoms with Gasteiger partial charge >= 0.3 is 5.97 Å². The topological polar surface area (TPSA) is 71.5 Å². The van der Waals surface area contributed by atoms with Crippen molar-refractivity contribution in [1.82, 2.24) is 9.88 Å². The van der Waals surface area contributed by atoms with Crippen LogP contribution in [0.4, 0.5) is 5.13 Å². The molecule has 1 aromatic heterocycles. The van der Waals surface area contributed by atoms with E-state index in [9.17, 15) is 9.59 Å². The van der Waals surface area contributed by atoms with Gasteiger partial charge in [-0.15, -0.1) is 11.3 Å². The number of ether oxygens (including phenoxy) is 1. The van der Waals surface area contributed by atoms with Crippen LogP contribution in [0.1, 0.15) is 31.0 Å². The highest BCUT2D eigenvalue weighted by Crippen LogP contribution is 2.24. The molecular weight excluding hydrogens is 450 g/mol. The zero-order valence-corrected chi connectivity index (χ0v) is 20.0. The summed E-state index contributed by atoms with van der Waals surface area (Å²) in [6.07, 6.45) is 3.45. The number of thiocarbonyl (C=S) groups is 1. The molecule has 1 N–H and O–H groups in total. The van der Waals surface area contributed by atoms with E-state index in [1.54, 1.807) is 12.3 Å². The number of carbonyl (C=O) groups excluding carboxylic acids is 2. The number of rotatable bonds is 8. The van der Waals surface area contributed by atoms with E-state index in [2.05, 4.69) is 45.5 Å². The zero-order valence-electron chi connectivity index (χ0n) is 17.5. The monoisotopic (exact) mass is 477 g/mol. The molecule has 1 aliphatic rings. The number of benzene rings is 1. The number of anilines is 1. The van der Waals surface area contributed by atoms with Crippen LogP contribution in [0.2, 0.25) is 0 Å². The van der Waals surface area contributed by atoms with Gasteiger partial charge in [0.05, 0.1) is 24.5 Å². The number of piperidine rings is 1. The molecule has 0 saturated carbocycles. The van der Waals surface area contributed by atoms with Crippen LogP contribution >= 0.6 is 35.3 Å². The SMILES string of the molecule is CCOC(=O)Cc1csc(NC(=O)CSC(=S)N2CCC(Cc3ccccc3)CC2)n1. The number of hydrogen-bond donors (Lipinski definition) is 1. The lowest BCUT2D eigenvalue weighted by Crippen LogP contribution is -2.37. The van der Waals surface area contributed by atoms with Crippen LogP contribution in [-0.4, -0.2) is 51.5 Å². The molecule has 1 fully saturated rings. The quantitative estimate of drug-likeness (QED) is 0.452. The standard InChI is InChI=1S/C22H27N3O3S3/c1-2-28-20(27)13-18-14-30-21(23-18)24-19(26)15-31-22(29)25-10-8-17(9-11-25)12-16-6-4-3-5-7-16/h3-7,14,17H,2,8-13,15H2,1H3,(H,23,24,26). The first-order valence-corrected chi connectivity index (χ1v) is 12.7. The number of esters is 1. The first-order valence-electron chi connectivity index (χ1n) is 10.4. The highest BCUT2D eigenvalue weighted by molar-refractivity contribution is 8.23. The van der Waals surface area contributed by atoms with Gasteiger partial charge < -0.3 is 15.0 Å². The van der Waals surface area contributed by atoms with Crippen molar-refractivity contribution in [3.8, 4) is 0 Å². The summed E-state index contributed by atoms with van der Waals surface area (Å²) in [6, 6.07) is 10.6. The third-order valence-electron chi connectivity index (χ3n) is 5.00. The number of nitrogens with one attached hydrogen (secondary N) is 1. The summed E-state index contributed by atoms with van der Waals surface area (Å²) in [5.41, 5.74) is 1.99. The summed E-state index contributed by atoms with van der Waals surface area (Å²) in [5.74, 6) is 0.459. The van der Waals surface area contributed by atoms with E-state index in [1.807, 2.05) is 0 Å². The average Bonchev–Trinajstić information content (AvgIpc) is 3.20. The Balaban J connectivity index is 1.35. The smallest absolute Gasteiger partial charge is 0.311 e. The van der Waals surface area contributed by atoms with E-state index >= 15 is 0 Å². The number of carbonyl (C=O) groups is 2. The minimum Gasteiger partial charge on any atom is -0.466 e. The molecule has 0 radical (unpaired) electrons. The lowest BCUT2D eigenvalue weighted by atomic mass is 9.90. The Morgan fingerprint density at radius 2 is 2.03 bits per heavy atom.